The first-order chi connectivity index (χ1) is 7.81. The van der Waals surface area contributed by atoms with Crippen LogP contribution in [0.4, 0.5) is 4.79 Å². The summed E-state index contributed by atoms with van der Waals surface area (Å²) in [5, 5.41) is 8.92. The number of piperidine rings is 1. The number of nitrogens with zero attached hydrogens (tertiary/aromatic N) is 1. The van der Waals surface area contributed by atoms with E-state index in [-0.39, 0.29) is 12.5 Å². The Hall–Kier alpha value is -0.860. The lowest BCUT2D eigenvalue weighted by Gasteiger charge is -2.35. The second-order valence-electron chi connectivity index (χ2n) is 4.17. The van der Waals surface area contributed by atoms with Crippen LogP contribution in [0.3, 0.4) is 0 Å². The maximum Gasteiger partial charge on any atom is 0.407 e. The molecule has 1 rings (SSSR count). The van der Waals surface area contributed by atoms with Gasteiger partial charge < -0.3 is 14.7 Å². The Bertz CT molecular complexity index is 368. The highest BCUT2D eigenvalue weighted by Gasteiger charge is 2.32. The van der Waals surface area contributed by atoms with Crippen molar-refractivity contribution in [3.63, 3.8) is 0 Å². The number of ether oxygens (including phenoxy) is 1. The molecule has 2 unspecified atom stereocenters. The number of carbonyl (C=O) groups is 1. The van der Waals surface area contributed by atoms with Crippen molar-refractivity contribution < 1.29 is 27.2 Å². The molecule has 0 aromatic rings. The van der Waals surface area contributed by atoms with Crippen molar-refractivity contribution in [3.8, 4) is 0 Å². The summed E-state index contributed by atoms with van der Waals surface area (Å²) in [5.41, 5.74) is 0. The van der Waals surface area contributed by atoms with Gasteiger partial charge in [-0.05, 0) is 6.42 Å². The first-order valence-corrected chi connectivity index (χ1v) is 6.98. The second-order valence-corrected chi connectivity index (χ2v) is 5.77. The van der Waals surface area contributed by atoms with E-state index in [0.29, 0.717) is 19.6 Å². The fraction of sp³-hybridized carbons (Fsp3) is 0.889. The molecule has 1 N–H and O–H groups in total. The molecule has 100 valence electrons. The van der Waals surface area contributed by atoms with Crippen LogP contribution in [0.15, 0.2) is 0 Å². The van der Waals surface area contributed by atoms with Crippen molar-refractivity contribution in [2.75, 3.05) is 33.1 Å². The topological polar surface area (TPSA) is 93.1 Å². The predicted molar refractivity (Wildman–Crippen MR) is 59.3 cm³/mol. The summed E-state index contributed by atoms with van der Waals surface area (Å²) in [6.45, 7) is 0.794. The van der Waals surface area contributed by atoms with Gasteiger partial charge in [-0.2, -0.15) is 8.42 Å². The maximum absolute atomic E-state index is 11.0. The number of hydrogen-bond acceptors (Lipinski definition) is 5. The number of rotatable bonds is 4. The van der Waals surface area contributed by atoms with Crippen molar-refractivity contribution in [1.82, 2.24) is 4.90 Å². The van der Waals surface area contributed by atoms with E-state index < -0.39 is 22.3 Å². The number of hydrogen-bond donors (Lipinski definition) is 1. The second kappa shape index (κ2) is 5.65. The molecule has 0 saturated carbocycles. The Balaban J connectivity index is 2.68. The van der Waals surface area contributed by atoms with Gasteiger partial charge in [0.1, 0.15) is 0 Å². The van der Waals surface area contributed by atoms with Crippen LogP contribution in [0.5, 0.6) is 0 Å². The van der Waals surface area contributed by atoms with Gasteiger partial charge in [-0.25, -0.2) is 4.79 Å². The highest BCUT2D eigenvalue weighted by atomic mass is 32.2. The molecule has 1 saturated heterocycles. The molecule has 1 amide bonds. The molecule has 17 heavy (non-hydrogen) atoms. The zero-order valence-electron chi connectivity index (χ0n) is 9.83. The first kappa shape index (κ1) is 14.2. The Morgan fingerprint density at radius 1 is 1.47 bits per heavy atom. The smallest absolute Gasteiger partial charge is 0.407 e. The molecule has 2 atom stereocenters. The van der Waals surface area contributed by atoms with Crippen molar-refractivity contribution in [2.24, 2.45) is 5.92 Å². The fourth-order valence-electron chi connectivity index (χ4n) is 1.98. The normalized spacial score (nSPS) is 25.9. The summed E-state index contributed by atoms with van der Waals surface area (Å²) >= 11 is 0. The van der Waals surface area contributed by atoms with Crippen LogP contribution in [-0.2, 0) is 19.0 Å². The van der Waals surface area contributed by atoms with E-state index in [0.717, 1.165) is 11.2 Å². The molecule has 7 nitrogen and oxygen atoms in total. The zero-order chi connectivity index (χ0) is 13.1. The van der Waals surface area contributed by atoms with Gasteiger partial charge in [0.15, 0.2) is 0 Å². The lowest BCUT2D eigenvalue weighted by Crippen LogP contribution is -2.48. The molecule has 1 fully saturated rings. The van der Waals surface area contributed by atoms with Crippen molar-refractivity contribution in [3.05, 3.63) is 0 Å². The average molecular weight is 267 g/mol. The van der Waals surface area contributed by atoms with Gasteiger partial charge in [0.05, 0.1) is 25.5 Å². The van der Waals surface area contributed by atoms with Gasteiger partial charge in [0, 0.05) is 19.6 Å². The van der Waals surface area contributed by atoms with Gasteiger partial charge in [-0.3, -0.25) is 4.18 Å². The number of carboxylic acid groups (broad SMARTS) is 1. The van der Waals surface area contributed by atoms with Crippen molar-refractivity contribution >= 4 is 16.2 Å². The van der Waals surface area contributed by atoms with E-state index in [1.807, 2.05) is 0 Å². The molecule has 0 spiro atoms. The molecule has 8 heteroatoms. The minimum atomic E-state index is -3.57. The molecule has 1 aliphatic heterocycles. The molecule has 0 radical (unpaired) electrons. The van der Waals surface area contributed by atoms with Gasteiger partial charge in [0.25, 0.3) is 10.1 Å². The van der Waals surface area contributed by atoms with Crippen LogP contribution in [0, 0.1) is 5.92 Å². The van der Waals surface area contributed by atoms with E-state index >= 15 is 0 Å². The molecule has 0 aliphatic carbocycles. The molecular formula is C9H17NO6S. The van der Waals surface area contributed by atoms with Crippen molar-refractivity contribution in [1.29, 1.82) is 0 Å². The third-order valence-corrected chi connectivity index (χ3v) is 3.10. The van der Waals surface area contributed by atoms with Gasteiger partial charge in [-0.1, -0.05) is 0 Å². The van der Waals surface area contributed by atoms with Crippen LogP contribution in [-0.4, -0.2) is 63.7 Å². The number of amides is 1. The standard InChI is InChI=1S/C9H17NO6S/c1-15-6-7-3-8(16-17(2,13)14)5-10(4-7)9(11)12/h7-8H,3-6H2,1-2H3,(H,11,12). The number of methoxy groups -OCH3 is 1. The summed E-state index contributed by atoms with van der Waals surface area (Å²) in [7, 11) is -2.05. The van der Waals surface area contributed by atoms with Crippen LogP contribution in [0.25, 0.3) is 0 Å². The Morgan fingerprint density at radius 2 is 2.12 bits per heavy atom. The SMILES string of the molecule is COCC1CC(OS(C)(=O)=O)CN(C(=O)O)C1. The van der Waals surface area contributed by atoms with E-state index in [1.54, 1.807) is 0 Å². The predicted octanol–water partition coefficient (Wildman–Crippen LogP) is -0.0225. The quantitative estimate of drug-likeness (QED) is 0.719. The fourth-order valence-corrected chi connectivity index (χ4v) is 2.62. The summed E-state index contributed by atoms with van der Waals surface area (Å²) < 4.78 is 31.9. The molecule has 0 aromatic heterocycles. The maximum atomic E-state index is 11.0. The average Bonchev–Trinajstić information content (AvgIpc) is 2.14. The lowest BCUT2D eigenvalue weighted by atomic mass is 9.97. The van der Waals surface area contributed by atoms with Gasteiger partial charge >= 0.3 is 6.09 Å². The molecular weight excluding hydrogens is 250 g/mol. The summed E-state index contributed by atoms with van der Waals surface area (Å²) in [6, 6.07) is 0. The first-order valence-electron chi connectivity index (χ1n) is 5.17. The molecule has 1 heterocycles. The highest BCUT2D eigenvalue weighted by molar-refractivity contribution is 7.86. The number of likely N-dealkylation sites (tertiary alicyclic amines) is 1. The zero-order valence-corrected chi connectivity index (χ0v) is 10.6. The van der Waals surface area contributed by atoms with E-state index in [2.05, 4.69) is 0 Å². The Morgan fingerprint density at radius 3 is 2.59 bits per heavy atom. The van der Waals surface area contributed by atoms with Crippen molar-refractivity contribution in [2.45, 2.75) is 12.5 Å². The largest absolute Gasteiger partial charge is 0.465 e. The van der Waals surface area contributed by atoms with E-state index in [4.69, 9.17) is 14.0 Å². The van der Waals surface area contributed by atoms with Crippen LogP contribution in [0.2, 0.25) is 0 Å². The van der Waals surface area contributed by atoms with Gasteiger partial charge in [-0.15, -0.1) is 0 Å². The van der Waals surface area contributed by atoms with Crippen LogP contribution < -0.4 is 0 Å². The summed E-state index contributed by atoms with van der Waals surface area (Å²) in [4.78, 5) is 12.1. The van der Waals surface area contributed by atoms with E-state index in [1.165, 1.54) is 7.11 Å². The van der Waals surface area contributed by atoms with Crippen LogP contribution >= 0.6 is 0 Å². The summed E-state index contributed by atoms with van der Waals surface area (Å²) in [6.07, 6.45) is -0.272. The minimum absolute atomic E-state index is 0.0448. The molecule has 1 aliphatic rings. The lowest BCUT2D eigenvalue weighted by molar-refractivity contribution is 0.0296. The Labute approximate surface area is 100 Å². The van der Waals surface area contributed by atoms with Gasteiger partial charge in [0.2, 0.25) is 0 Å². The minimum Gasteiger partial charge on any atom is -0.465 e. The Kier molecular flexibility index (Phi) is 4.72. The summed E-state index contributed by atoms with van der Waals surface area (Å²) in [5.74, 6) is -0.0448. The monoisotopic (exact) mass is 267 g/mol. The van der Waals surface area contributed by atoms with Crippen LogP contribution in [0.1, 0.15) is 6.42 Å². The third-order valence-electron chi connectivity index (χ3n) is 2.48. The van der Waals surface area contributed by atoms with E-state index in [9.17, 15) is 13.2 Å². The third kappa shape index (κ3) is 4.88. The molecule has 0 aromatic carbocycles. The highest BCUT2D eigenvalue weighted by Crippen LogP contribution is 2.20. The molecule has 0 bridgehead atoms.